The Balaban J connectivity index is 1.60. The lowest BCUT2D eigenvalue weighted by atomic mass is 10.00. The molecule has 0 radical (unpaired) electrons. The van der Waals surface area contributed by atoms with E-state index >= 15 is 0 Å². The molecule has 48 heavy (non-hydrogen) atoms. The van der Waals surface area contributed by atoms with E-state index in [1.165, 1.54) is 11.1 Å². The van der Waals surface area contributed by atoms with Crippen molar-refractivity contribution < 1.29 is 19.8 Å². The monoisotopic (exact) mass is 667 g/mol. The predicted octanol–water partition coefficient (Wildman–Crippen LogP) is 1.83. The fraction of sp³-hybridized carbons (Fsp3) is 0.622. The van der Waals surface area contributed by atoms with E-state index in [1.807, 2.05) is 29.2 Å². The number of nitrogens with two attached hydrogens (primary N) is 2. The number of rotatable bonds is 23. The van der Waals surface area contributed by atoms with E-state index in [0.29, 0.717) is 57.9 Å². The molecule has 0 aliphatic carbocycles. The molecule has 11 heteroatoms. The molecular weight excluding hydrogens is 606 g/mol. The molecule has 0 aromatic heterocycles. The Kier molecular flexibility index (Phi) is 18.1. The summed E-state index contributed by atoms with van der Waals surface area (Å²) >= 11 is 0. The van der Waals surface area contributed by atoms with E-state index in [1.54, 1.807) is 0 Å². The molecule has 0 saturated carbocycles. The molecule has 268 valence electrons. The van der Waals surface area contributed by atoms with Gasteiger partial charge in [-0.1, -0.05) is 80.9 Å². The first-order valence-electron chi connectivity index (χ1n) is 17.8. The summed E-state index contributed by atoms with van der Waals surface area (Å²) in [5, 5.41) is 32.6. The normalized spacial score (nSPS) is 17.2. The van der Waals surface area contributed by atoms with Gasteiger partial charge in [-0.05, 0) is 68.5 Å². The van der Waals surface area contributed by atoms with Gasteiger partial charge in [-0.3, -0.25) is 10.1 Å². The van der Waals surface area contributed by atoms with Gasteiger partial charge in [0.1, 0.15) is 0 Å². The Morgan fingerprint density at radius 3 is 2.02 bits per heavy atom. The number of carbonyl (C=O) groups is 2. The minimum absolute atomic E-state index is 0.00202. The number of piperidine rings is 1. The van der Waals surface area contributed by atoms with Gasteiger partial charge >= 0.3 is 5.97 Å². The second-order valence-electron chi connectivity index (χ2n) is 13.7. The summed E-state index contributed by atoms with van der Waals surface area (Å²) in [5.41, 5.74) is 14.8. The number of carboxylic acid groups (broad SMARTS) is 1. The molecular formula is C37H61N7O4. The van der Waals surface area contributed by atoms with Crippen molar-refractivity contribution in [2.75, 3.05) is 39.3 Å². The molecule has 1 unspecified atom stereocenters. The molecule has 10 N–H and O–H groups in total. The zero-order valence-corrected chi connectivity index (χ0v) is 29.0. The number of hydrogen-bond donors (Lipinski definition) is 8. The number of nitrogens with zero attached hydrogens (tertiary/aromatic N) is 1. The number of aliphatic carboxylic acids is 1. The lowest BCUT2D eigenvalue weighted by Crippen LogP contribution is -2.55. The quantitative estimate of drug-likeness (QED) is 0.0644. The van der Waals surface area contributed by atoms with Crippen molar-refractivity contribution >= 4 is 11.9 Å². The Hall–Kier alpha value is -2.90. The minimum atomic E-state index is -1.60. The zero-order valence-electron chi connectivity index (χ0n) is 29.0. The Bertz CT molecular complexity index is 1160. The van der Waals surface area contributed by atoms with Crippen LogP contribution in [0.1, 0.15) is 63.5 Å². The summed E-state index contributed by atoms with van der Waals surface area (Å²) in [7, 11) is 0. The van der Waals surface area contributed by atoms with Gasteiger partial charge in [0.15, 0.2) is 0 Å². The van der Waals surface area contributed by atoms with Crippen LogP contribution in [0.4, 0.5) is 0 Å². The van der Waals surface area contributed by atoms with Gasteiger partial charge in [0, 0.05) is 56.9 Å². The van der Waals surface area contributed by atoms with Gasteiger partial charge in [-0.25, -0.2) is 4.79 Å². The standard InChI is InChI=1S/C37H61N7O4/c1-27(2)21-32(26-42-34(15-9-10-18-38)36(46)44-19-16-31(17-20-44)43-35(45)37(47)48)41-25-33(23-29-13-7-4-8-14-29)40-24-30(39)22-28-11-5-3-6-12-28/h3-8,11-14,27,30-35,40-43,45H,9-10,15-26,38-39H2,1-2H3,(H,47,48)/t30-,32-,33-,34-,35?/m1/s1. The SMILES string of the molecule is CC(C)C[C@H](CN[C@H](CCCCN)C(=O)N1CCC(NC(O)C(=O)O)CC1)NC[C@@H](Cc1ccccc1)NC[C@H](N)Cc1ccccc1. The molecule has 1 amide bonds. The van der Waals surface area contributed by atoms with Gasteiger partial charge in [0.25, 0.3) is 0 Å². The summed E-state index contributed by atoms with van der Waals surface area (Å²) in [6.45, 7) is 8.20. The van der Waals surface area contributed by atoms with Gasteiger partial charge in [-0.2, -0.15) is 0 Å². The molecule has 0 spiro atoms. The predicted molar refractivity (Wildman–Crippen MR) is 192 cm³/mol. The fourth-order valence-electron chi connectivity index (χ4n) is 6.41. The van der Waals surface area contributed by atoms with Gasteiger partial charge < -0.3 is 42.5 Å². The summed E-state index contributed by atoms with van der Waals surface area (Å²) in [4.78, 5) is 26.6. The van der Waals surface area contributed by atoms with Crippen LogP contribution in [0.15, 0.2) is 60.7 Å². The summed E-state index contributed by atoms with van der Waals surface area (Å²) in [6, 6.07) is 20.8. The maximum Gasteiger partial charge on any atom is 0.347 e. The topological polar surface area (TPSA) is 178 Å². The first kappa shape index (κ1) is 39.5. The average molecular weight is 668 g/mol. The highest BCUT2D eigenvalue weighted by atomic mass is 16.4. The first-order valence-corrected chi connectivity index (χ1v) is 17.8. The van der Waals surface area contributed by atoms with Crippen LogP contribution in [0.25, 0.3) is 0 Å². The summed E-state index contributed by atoms with van der Waals surface area (Å²) in [5.74, 6) is -0.747. The maximum atomic E-state index is 13.7. The van der Waals surface area contributed by atoms with Crippen molar-refractivity contribution in [3.63, 3.8) is 0 Å². The number of carboxylic acids is 1. The molecule has 5 atom stereocenters. The number of nitrogens with one attached hydrogen (secondary N) is 4. The Morgan fingerprint density at radius 1 is 0.854 bits per heavy atom. The highest BCUT2D eigenvalue weighted by Crippen LogP contribution is 2.15. The van der Waals surface area contributed by atoms with E-state index in [4.69, 9.17) is 16.6 Å². The number of likely N-dealkylation sites (tertiary alicyclic amines) is 1. The second kappa shape index (κ2) is 21.9. The number of benzene rings is 2. The smallest absolute Gasteiger partial charge is 0.347 e. The summed E-state index contributed by atoms with van der Waals surface area (Å²) in [6.07, 6.45) is 4.67. The first-order chi connectivity index (χ1) is 23.1. The number of amides is 1. The van der Waals surface area contributed by atoms with Crippen LogP contribution in [-0.4, -0.2) is 103 Å². The lowest BCUT2D eigenvalue weighted by molar-refractivity contribution is -0.149. The fourth-order valence-corrected chi connectivity index (χ4v) is 6.41. The van der Waals surface area contributed by atoms with E-state index < -0.39 is 12.2 Å². The molecule has 11 nitrogen and oxygen atoms in total. The maximum absolute atomic E-state index is 13.7. The van der Waals surface area contributed by atoms with Crippen LogP contribution in [0.2, 0.25) is 0 Å². The zero-order chi connectivity index (χ0) is 34.7. The molecule has 1 aliphatic heterocycles. The second-order valence-corrected chi connectivity index (χ2v) is 13.7. The van der Waals surface area contributed by atoms with E-state index in [0.717, 1.165) is 38.6 Å². The Labute approximate surface area is 287 Å². The molecule has 3 rings (SSSR count). The third-order valence-corrected chi connectivity index (χ3v) is 9.03. The molecule has 0 bridgehead atoms. The minimum Gasteiger partial charge on any atom is -0.478 e. The molecule has 1 saturated heterocycles. The molecule has 2 aromatic rings. The molecule has 2 aromatic carbocycles. The molecule has 1 heterocycles. The van der Waals surface area contributed by atoms with E-state index in [-0.39, 0.29) is 36.1 Å². The number of carbonyl (C=O) groups excluding carboxylic acids is 1. The van der Waals surface area contributed by atoms with E-state index in [2.05, 4.69) is 71.5 Å². The third kappa shape index (κ3) is 15.1. The van der Waals surface area contributed by atoms with Crippen LogP contribution in [-0.2, 0) is 22.4 Å². The van der Waals surface area contributed by atoms with Crippen LogP contribution >= 0.6 is 0 Å². The number of aliphatic hydroxyl groups is 1. The lowest BCUT2D eigenvalue weighted by Gasteiger charge is -2.36. The average Bonchev–Trinajstić information content (AvgIpc) is 3.08. The van der Waals surface area contributed by atoms with Crippen molar-refractivity contribution in [1.29, 1.82) is 0 Å². The third-order valence-electron chi connectivity index (χ3n) is 9.03. The van der Waals surface area contributed by atoms with Crippen LogP contribution < -0.4 is 32.7 Å². The molecule has 1 fully saturated rings. The van der Waals surface area contributed by atoms with Crippen LogP contribution in [0, 0.1) is 5.92 Å². The van der Waals surface area contributed by atoms with E-state index in [9.17, 15) is 14.7 Å². The number of hydrogen-bond acceptors (Lipinski definition) is 9. The molecule has 1 aliphatic rings. The highest BCUT2D eigenvalue weighted by Gasteiger charge is 2.30. The van der Waals surface area contributed by atoms with Gasteiger partial charge in [-0.15, -0.1) is 0 Å². The van der Waals surface area contributed by atoms with Crippen molar-refractivity contribution in [3.8, 4) is 0 Å². The van der Waals surface area contributed by atoms with Crippen LogP contribution in [0.5, 0.6) is 0 Å². The number of aliphatic hydroxyl groups excluding tert-OH is 1. The van der Waals surface area contributed by atoms with Gasteiger partial charge in [0.2, 0.25) is 12.1 Å². The largest absolute Gasteiger partial charge is 0.478 e. The highest BCUT2D eigenvalue weighted by molar-refractivity contribution is 5.82. The van der Waals surface area contributed by atoms with Crippen molar-refractivity contribution in [2.24, 2.45) is 17.4 Å². The Morgan fingerprint density at radius 2 is 1.44 bits per heavy atom. The van der Waals surface area contributed by atoms with Crippen LogP contribution in [0.3, 0.4) is 0 Å². The summed E-state index contributed by atoms with van der Waals surface area (Å²) < 4.78 is 0. The van der Waals surface area contributed by atoms with Crippen molar-refractivity contribution in [3.05, 3.63) is 71.8 Å². The van der Waals surface area contributed by atoms with Crippen molar-refractivity contribution in [1.82, 2.24) is 26.2 Å². The number of unbranched alkanes of at least 4 members (excludes halogenated alkanes) is 1. The van der Waals surface area contributed by atoms with Gasteiger partial charge in [0.05, 0.1) is 6.04 Å². The van der Waals surface area contributed by atoms with Crippen molar-refractivity contribution in [2.45, 2.75) is 102 Å².